The average Bonchev–Trinajstić information content (AvgIpc) is 2.73. The lowest BCUT2D eigenvalue weighted by Crippen LogP contribution is -2.37. The number of amides is 1. The lowest BCUT2D eigenvalue weighted by Gasteiger charge is -2.26. The summed E-state index contributed by atoms with van der Waals surface area (Å²) in [5.74, 6) is -0.856. The van der Waals surface area contributed by atoms with E-state index in [4.69, 9.17) is 21.4 Å². The van der Waals surface area contributed by atoms with Gasteiger partial charge in [-0.3, -0.25) is 4.68 Å². The average molecular weight is 288 g/mol. The minimum Gasteiger partial charge on any atom is -0.476 e. The van der Waals surface area contributed by atoms with Crippen LogP contribution in [0.25, 0.3) is 0 Å². The number of hydrogen-bond acceptors (Lipinski definition) is 4. The van der Waals surface area contributed by atoms with Gasteiger partial charge in [-0.1, -0.05) is 0 Å². The van der Waals surface area contributed by atoms with Crippen molar-refractivity contribution in [1.29, 1.82) is 0 Å². The van der Waals surface area contributed by atoms with Crippen LogP contribution in [0, 0.1) is 0 Å². The second kappa shape index (κ2) is 5.48. The molecule has 0 saturated carbocycles. The van der Waals surface area contributed by atoms with Gasteiger partial charge in [0.05, 0.1) is 12.4 Å². The zero-order valence-corrected chi connectivity index (χ0v) is 11.2. The fraction of sp³-hybridized carbons (Fsp3) is 0.545. The van der Waals surface area contributed by atoms with E-state index in [1.807, 2.05) is 0 Å². The van der Waals surface area contributed by atoms with Crippen molar-refractivity contribution in [3.63, 3.8) is 0 Å². The van der Waals surface area contributed by atoms with Gasteiger partial charge in [0, 0.05) is 31.3 Å². The molecule has 19 heavy (non-hydrogen) atoms. The molecule has 1 aromatic heterocycles. The van der Waals surface area contributed by atoms with E-state index in [1.54, 1.807) is 11.7 Å². The minimum atomic E-state index is -1.09. The molecule has 0 bridgehead atoms. The number of aromatic nitrogens is 2. The minimum absolute atomic E-state index is 0.00709. The molecule has 1 aliphatic heterocycles. The van der Waals surface area contributed by atoms with Crippen LogP contribution in [0.1, 0.15) is 21.7 Å². The normalized spacial score (nSPS) is 14.1. The Morgan fingerprint density at radius 2 is 2.26 bits per heavy atom. The predicted molar refractivity (Wildman–Crippen MR) is 66.3 cm³/mol. The highest BCUT2D eigenvalue weighted by Crippen LogP contribution is 2.22. The second-order valence-electron chi connectivity index (χ2n) is 4.18. The van der Waals surface area contributed by atoms with Crippen molar-refractivity contribution in [2.75, 3.05) is 19.0 Å². The standard InChI is InChI=1S/C11H14ClN3O4/c1-14-8-2-4-15(11(18)19-5-3-12)6-7(8)9(13-14)10(16)17/h2-6H2,1H3,(H,16,17). The Morgan fingerprint density at radius 1 is 1.53 bits per heavy atom. The highest BCUT2D eigenvalue weighted by atomic mass is 35.5. The highest BCUT2D eigenvalue weighted by Gasteiger charge is 2.29. The molecule has 104 valence electrons. The SMILES string of the molecule is Cn1nc(C(=O)O)c2c1CCN(C(=O)OCCCl)C2. The van der Waals surface area contributed by atoms with E-state index in [9.17, 15) is 9.59 Å². The first-order chi connectivity index (χ1) is 9.04. The van der Waals surface area contributed by atoms with Crippen molar-refractivity contribution >= 4 is 23.7 Å². The molecule has 0 fully saturated rings. The molecule has 0 atom stereocenters. The number of carboxylic acids is 1. The Balaban J connectivity index is 2.18. The van der Waals surface area contributed by atoms with Crippen molar-refractivity contribution in [1.82, 2.24) is 14.7 Å². The molecule has 0 saturated heterocycles. The third-order valence-electron chi connectivity index (χ3n) is 3.01. The summed E-state index contributed by atoms with van der Waals surface area (Å²) in [5, 5.41) is 13.1. The maximum Gasteiger partial charge on any atom is 0.410 e. The summed E-state index contributed by atoms with van der Waals surface area (Å²) in [5.41, 5.74) is 1.41. The Bertz CT molecular complexity index is 514. The third-order valence-corrected chi connectivity index (χ3v) is 3.16. The number of carbonyl (C=O) groups excluding carboxylic acids is 1. The summed E-state index contributed by atoms with van der Waals surface area (Å²) in [6.07, 6.45) is 0.0775. The fourth-order valence-electron chi connectivity index (χ4n) is 2.14. The number of aromatic carboxylic acids is 1. The smallest absolute Gasteiger partial charge is 0.410 e. The van der Waals surface area contributed by atoms with E-state index in [2.05, 4.69) is 5.10 Å². The van der Waals surface area contributed by atoms with Crippen LogP contribution in [0.15, 0.2) is 0 Å². The first-order valence-corrected chi connectivity index (χ1v) is 6.33. The van der Waals surface area contributed by atoms with E-state index in [-0.39, 0.29) is 24.7 Å². The number of ether oxygens (including phenoxy) is 1. The summed E-state index contributed by atoms with van der Waals surface area (Å²) in [6, 6.07) is 0. The van der Waals surface area contributed by atoms with E-state index < -0.39 is 12.1 Å². The van der Waals surface area contributed by atoms with Crippen molar-refractivity contribution < 1.29 is 19.4 Å². The van der Waals surface area contributed by atoms with Crippen LogP contribution in [0.2, 0.25) is 0 Å². The summed E-state index contributed by atoms with van der Waals surface area (Å²) < 4.78 is 6.49. The first-order valence-electron chi connectivity index (χ1n) is 5.80. The monoisotopic (exact) mass is 287 g/mol. The molecular weight excluding hydrogens is 274 g/mol. The molecule has 1 N–H and O–H groups in total. The van der Waals surface area contributed by atoms with Crippen LogP contribution in [0.4, 0.5) is 4.79 Å². The van der Waals surface area contributed by atoms with Crippen LogP contribution in [-0.4, -0.2) is 50.9 Å². The summed E-state index contributed by atoms with van der Waals surface area (Å²) in [6.45, 7) is 0.821. The van der Waals surface area contributed by atoms with Gasteiger partial charge in [-0.25, -0.2) is 9.59 Å². The Morgan fingerprint density at radius 3 is 2.89 bits per heavy atom. The van der Waals surface area contributed by atoms with Crippen LogP contribution < -0.4 is 0 Å². The topological polar surface area (TPSA) is 84.7 Å². The van der Waals surface area contributed by atoms with Gasteiger partial charge in [0.15, 0.2) is 5.69 Å². The van der Waals surface area contributed by atoms with Crippen molar-refractivity contribution in [3.8, 4) is 0 Å². The molecule has 2 rings (SSSR count). The lowest BCUT2D eigenvalue weighted by atomic mass is 10.1. The molecule has 0 unspecified atom stereocenters. The number of aryl methyl sites for hydroxylation is 1. The van der Waals surface area contributed by atoms with Gasteiger partial charge in [0.25, 0.3) is 0 Å². The molecule has 0 aliphatic carbocycles. The number of halogens is 1. The van der Waals surface area contributed by atoms with Crippen LogP contribution in [-0.2, 0) is 24.8 Å². The maximum atomic E-state index is 11.7. The van der Waals surface area contributed by atoms with E-state index in [0.29, 0.717) is 18.5 Å². The molecule has 0 radical (unpaired) electrons. The number of rotatable bonds is 3. The number of fused-ring (bicyclic) bond motifs is 1. The van der Waals surface area contributed by atoms with Crippen LogP contribution in [0.5, 0.6) is 0 Å². The predicted octanol–water partition coefficient (Wildman–Crippen LogP) is 0.852. The second-order valence-corrected chi connectivity index (χ2v) is 4.56. The van der Waals surface area contributed by atoms with Crippen LogP contribution in [0.3, 0.4) is 0 Å². The van der Waals surface area contributed by atoms with Crippen molar-refractivity contribution in [3.05, 3.63) is 17.0 Å². The Hall–Kier alpha value is -1.76. The Labute approximate surface area is 114 Å². The van der Waals surface area contributed by atoms with Gasteiger partial charge in [-0.2, -0.15) is 5.10 Å². The van der Waals surface area contributed by atoms with Gasteiger partial charge in [0.2, 0.25) is 0 Å². The molecule has 0 aromatic carbocycles. The number of alkyl halides is 1. The van der Waals surface area contributed by atoms with Crippen LogP contribution >= 0.6 is 11.6 Å². The van der Waals surface area contributed by atoms with Crippen molar-refractivity contribution in [2.24, 2.45) is 7.05 Å². The largest absolute Gasteiger partial charge is 0.476 e. The van der Waals surface area contributed by atoms with Gasteiger partial charge in [0.1, 0.15) is 6.61 Å². The molecule has 1 aromatic rings. The molecule has 0 spiro atoms. The summed E-state index contributed by atoms with van der Waals surface area (Å²) >= 11 is 5.45. The van der Waals surface area contributed by atoms with E-state index >= 15 is 0 Å². The van der Waals surface area contributed by atoms with E-state index in [1.165, 1.54) is 4.90 Å². The van der Waals surface area contributed by atoms with Gasteiger partial charge in [-0.15, -0.1) is 11.6 Å². The summed E-state index contributed by atoms with van der Waals surface area (Å²) in [7, 11) is 1.70. The highest BCUT2D eigenvalue weighted by molar-refractivity contribution is 6.18. The molecule has 1 amide bonds. The molecule has 7 nitrogen and oxygen atoms in total. The van der Waals surface area contributed by atoms with Gasteiger partial charge in [-0.05, 0) is 0 Å². The van der Waals surface area contributed by atoms with Gasteiger partial charge < -0.3 is 14.7 Å². The van der Waals surface area contributed by atoms with Gasteiger partial charge >= 0.3 is 12.1 Å². The zero-order valence-electron chi connectivity index (χ0n) is 10.4. The van der Waals surface area contributed by atoms with E-state index in [0.717, 1.165) is 5.69 Å². The number of hydrogen-bond donors (Lipinski definition) is 1. The quantitative estimate of drug-likeness (QED) is 0.833. The zero-order chi connectivity index (χ0) is 14.0. The van der Waals surface area contributed by atoms with Crippen molar-refractivity contribution in [2.45, 2.75) is 13.0 Å². The summed E-state index contributed by atoms with van der Waals surface area (Å²) in [4.78, 5) is 24.3. The third kappa shape index (κ3) is 2.65. The molecule has 1 aliphatic rings. The number of nitrogens with zero attached hydrogens (tertiary/aromatic N) is 3. The molecule has 2 heterocycles. The lowest BCUT2D eigenvalue weighted by molar-refractivity contribution is 0.0684. The number of carboxylic acid groups (broad SMARTS) is 1. The fourth-order valence-corrected chi connectivity index (χ4v) is 2.21. The molecular formula is C11H14ClN3O4. The number of carbonyl (C=O) groups is 2. The maximum absolute atomic E-state index is 11.7. The first kappa shape index (κ1) is 13.7. The Kier molecular flexibility index (Phi) is 3.94. The molecule has 8 heteroatoms.